The highest BCUT2D eigenvalue weighted by molar-refractivity contribution is 7.98. The molecule has 142 valence electrons. The summed E-state index contributed by atoms with van der Waals surface area (Å²) in [6.45, 7) is -0.817. The van der Waals surface area contributed by atoms with Gasteiger partial charge in [-0.1, -0.05) is 11.8 Å². The van der Waals surface area contributed by atoms with Crippen molar-refractivity contribution in [1.29, 1.82) is 0 Å². The normalized spacial score (nSPS) is 15.0. The van der Waals surface area contributed by atoms with Crippen LogP contribution in [0.4, 0.5) is 8.78 Å². The van der Waals surface area contributed by atoms with Crippen LogP contribution >= 0.6 is 11.8 Å². The van der Waals surface area contributed by atoms with Gasteiger partial charge in [0.15, 0.2) is 34.8 Å². The number of thioether (sulfide) groups is 1. The third-order valence-corrected chi connectivity index (χ3v) is 4.78. The monoisotopic (exact) mass is 395 g/mol. The number of nitrogens with one attached hydrogen (secondary N) is 1. The third-order valence-electron chi connectivity index (χ3n) is 3.89. The topological polar surface area (TPSA) is 78.5 Å². The van der Waals surface area contributed by atoms with Crippen LogP contribution < -0.4 is 18.9 Å². The van der Waals surface area contributed by atoms with Crippen molar-refractivity contribution in [2.45, 2.75) is 17.0 Å². The maximum atomic E-state index is 13.3. The summed E-state index contributed by atoms with van der Waals surface area (Å²) in [6, 6.07) is 4.75. The van der Waals surface area contributed by atoms with Crippen molar-refractivity contribution in [3.05, 3.63) is 30.1 Å². The fourth-order valence-electron chi connectivity index (χ4n) is 2.70. The van der Waals surface area contributed by atoms with Crippen molar-refractivity contribution in [2.24, 2.45) is 0 Å². The van der Waals surface area contributed by atoms with Crippen LogP contribution in [0.25, 0.3) is 11.0 Å². The number of hydrogen-bond donors (Lipinski definition) is 1. The lowest BCUT2D eigenvalue weighted by atomic mass is 10.2. The first-order chi connectivity index (χ1) is 13.0. The van der Waals surface area contributed by atoms with Gasteiger partial charge >= 0.3 is 6.11 Å². The van der Waals surface area contributed by atoms with Gasteiger partial charge in [-0.3, -0.25) is 4.98 Å². The fraction of sp³-hybridized carbons (Fsp3) is 0.294. The molecule has 0 saturated heterocycles. The molecule has 0 saturated carbocycles. The van der Waals surface area contributed by atoms with E-state index in [9.17, 15) is 8.78 Å². The molecule has 1 aliphatic heterocycles. The number of benzene rings is 1. The van der Waals surface area contributed by atoms with Crippen LogP contribution in [0.15, 0.2) is 29.6 Å². The van der Waals surface area contributed by atoms with Gasteiger partial charge in [0.25, 0.3) is 0 Å². The molecule has 0 unspecified atom stereocenters. The molecule has 0 atom stereocenters. The van der Waals surface area contributed by atoms with Gasteiger partial charge in [0, 0.05) is 30.1 Å². The average molecular weight is 395 g/mol. The van der Waals surface area contributed by atoms with Gasteiger partial charge in [0.2, 0.25) is 0 Å². The van der Waals surface area contributed by atoms with E-state index in [-0.39, 0.29) is 11.5 Å². The number of aromatic nitrogens is 3. The smallest absolute Gasteiger partial charge is 0.433 e. The maximum Gasteiger partial charge on any atom is 0.433 e. The summed E-state index contributed by atoms with van der Waals surface area (Å²) in [5.41, 5.74) is 1.87. The number of methoxy groups -OCH3 is 2. The standard InChI is InChI=1S/C17H15F2N3O4S/c1-23-12-3-4-20-11(15(12)24-2)7-27-16-21-9-5-13-14(6-10(9)22-16)26-17(18,19)8-25-13/h3-6H,7-8H2,1-2H3,(H,21,22). The molecule has 1 aliphatic rings. The zero-order valence-corrected chi connectivity index (χ0v) is 15.2. The number of imidazole rings is 1. The van der Waals surface area contributed by atoms with Crippen LogP contribution in [-0.2, 0) is 5.75 Å². The highest BCUT2D eigenvalue weighted by Crippen LogP contribution is 2.40. The first kappa shape index (κ1) is 17.7. The third kappa shape index (κ3) is 3.44. The van der Waals surface area contributed by atoms with E-state index >= 15 is 0 Å². The van der Waals surface area contributed by atoms with Gasteiger partial charge in [-0.25, -0.2) is 4.98 Å². The number of pyridine rings is 1. The Balaban J connectivity index is 1.57. The van der Waals surface area contributed by atoms with Gasteiger partial charge in [-0.2, -0.15) is 8.78 Å². The van der Waals surface area contributed by atoms with Gasteiger partial charge in [-0.15, -0.1) is 0 Å². The molecule has 1 N–H and O–H groups in total. The van der Waals surface area contributed by atoms with Crippen molar-refractivity contribution in [2.75, 3.05) is 20.8 Å². The van der Waals surface area contributed by atoms with E-state index < -0.39 is 12.7 Å². The molecule has 0 bridgehead atoms. The molecule has 27 heavy (non-hydrogen) atoms. The molecule has 3 heterocycles. The van der Waals surface area contributed by atoms with Crippen LogP contribution in [0, 0.1) is 0 Å². The van der Waals surface area contributed by atoms with Crippen molar-refractivity contribution in [1.82, 2.24) is 15.0 Å². The highest BCUT2D eigenvalue weighted by atomic mass is 32.2. The van der Waals surface area contributed by atoms with Gasteiger partial charge in [-0.05, 0) is 0 Å². The number of alkyl halides is 2. The molecule has 7 nitrogen and oxygen atoms in total. The SMILES string of the molecule is COc1ccnc(CSc2nc3cc4c(cc3[nH]2)OCC(F)(F)O4)c1OC. The van der Waals surface area contributed by atoms with Crippen LogP contribution in [0.3, 0.4) is 0 Å². The first-order valence-electron chi connectivity index (χ1n) is 7.91. The summed E-state index contributed by atoms with van der Waals surface area (Å²) in [5, 5.41) is 0.603. The molecule has 10 heteroatoms. The molecule has 0 spiro atoms. The summed E-state index contributed by atoms with van der Waals surface area (Å²) in [5.74, 6) is 1.85. The van der Waals surface area contributed by atoms with Crippen LogP contribution in [0.1, 0.15) is 5.69 Å². The number of H-pyrrole nitrogens is 1. The Hall–Kier alpha value is -2.75. The molecule has 0 aliphatic carbocycles. The summed E-state index contributed by atoms with van der Waals surface area (Å²) in [7, 11) is 3.11. The van der Waals surface area contributed by atoms with Crippen LogP contribution in [0.5, 0.6) is 23.0 Å². The molecule has 1 aromatic carbocycles. The Kier molecular flexibility index (Phi) is 4.42. The number of nitrogens with zero attached hydrogens (tertiary/aromatic N) is 2. The largest absolute Gasteiger partial charge is 0.493 e. The van der Waals surface area contributed by atoms with E-state index in [2.05, 4.69) is 19.7 Å². The van der Waals surface area contributed by atoms with E-state index in [1.165, 1.54) is 17.8 Å². The minimum atomic E-state index is -3.34. The van der Waals surface area contributed by atoms with Crippen molar-refractivity contribution in [3.8, 4) is 23.0 Å². The lowest BCUT2D eigenvalue weighted by Gasteiger charge is -2.25. The van der Waals surface area contributed by atoms with E-state index in [1.54, 1.807) is 32.5 Å². The van der Waals surface area contributed by atoms with Crippen LogP contribution in [0.2, 0.25) is 0 Å². The van der Waals surface area contributed by atoms with Crippen LogP contribution in [-0.4, -0.2) is 41.9 Å². The fourth-order valence-corrected chi connectivity index (χ4v) is 3.52. The second-order valence-corrected chi connectivity index (χ2v) is 6.63. The lowest BCUT2D eigenvalue weighted by Crippen LogP contribution is -2.35. The lowest BCUT2D eigenvalue weighted by molar-refractivity contribution is -0.208. The summed E-state index contributed by atoms with van der Waals surface area (Å²) < 4.78 is 47.0. The molecule has 2 aromatic heterocycles. The Morgan fingerprint density at radius 2 is 2.11 bits per heavy atom. The second kappa shape index (κ2) is 6.76. The Morgan fingerprint density at radius 1 is 1.26 bits per heavy atom. The zero-order valence-electron chi connectivity index (χ0n) is 14.4. The minimum Gasteiger partial charge on any atom is -0.493 e. The zero-order chi connectivity index (χ0) is 19.0. The number of ether oxygens (including phenoxy) is 4. The van der Waals surface area contributed by atoms with Gasteiger partial charge in [0.1, 0.15) is 0 Å². The molecular formula is C17H15F2N3O4S. The van der Waals surface area contributed by atoms with E-state index in [0.717, 1.165) is 0 Å². The highest BCUT2D eigenvalue weighted by Gasteiger charge is 2.38. The van der Waals surface area contributed by atoms with Crippen molar-refractivity contribution < 1.29 is 27.7 Å². The molecule has 0 radical (unpaired) electrons. The number of aromatic amines is 1. The predicted molar refractivity (Wildman–Crippen MR) is 94.1 cm³/mol. The van der Waals surface area contributed by atoms with Crippen molar-refractivity contribution >= 4 is 22.8 Å². The Bertz CT molecular complexity index is 996. The van der Waals surface area contributed by atoms with E-state index in [1.807, 2.05) is 0 Å². The number of halogens is 2. The number of hydrogen-bond acceptors (Lipinski definition) is 7. The number of fused-ring (bicyclic) bond motifs is 2. The summed E-state index contributed by atoms with van der Waals surface area (Å²) in [4.78, 5) is 11.9. The Morgan fingerprint density at radius 3 is 2.89 bits per heavy atom. The molecule has 0 amide bonds. The molecule has 0 fully saturated rings. The molecular weight excluding hydrogens is 380 g/mol. The summed E-state index contributed by atoms with van der Waals surface area (Å²) in [6.07, 6.45) is -1.71. The van der Waals surface area contributed by atoms with Crippen molar-refractivity contribution in [3.63, 3.8) is 0 Å². The minimum absolute atomic E-state index is 0.0297. The Labute approximate surface area is 157 Å². The quantitative estimate of drug-likeness (QED) is 0.661. The predicted octanol–water partition coefficient (Wildman–Crippen LogP) is 3.63. The molecule has 4 rings (SSSR count). The average Bonchev–Trinajstić information content (AvgIpc) is 3.05. The second-order valence-electron chi connectivity index (χ2n) is 5.67. The number of rotatable bonds is 5. The van der Waals surface area contributed by atoms with E-state index in [4.69, 9.17) is 14.2 Å². The van der Waals surface area contributed by atoms with Gasteiger partial charge < -0.3 is 23.9 Å². The maximum absolute atomic E-state index is 13.3. The molecule has 3 aromatic rings. The van der Waals surface area contributed by atoms with Gasteiger partial charge in [0.05, 0.1) is 30.9 Å². The summed E-state index contributed by atoms with van der Waals surface area (Å²) >= 11 is 1.40. The first-order valence-corrected chi connectivity index (χ1v) is 8.89. The van der Waals surface area contributed by atoms with E-state index in [0.29, 0.717) is 39.1 Å².